The minimum absolute atomic E-state index is 0.840. The normalized spacial score (nSPS) is 11.3. The zero-order chi connectivity index (χ0) is 4.83. The Bertz CT molecular complexity index is 53.9. The maximum Gasteiger partial charge on any atom is 0.0792 e. The summed E-state index contributed by atoms with van der Waals surface area (Å²) in [6, 6.07) is 0. The Morgan fingerprint density at radius 1 is 0.833 bits per heavy atom. The molecule has 34 valence electrons. The van der Waals surface area contributed by atoms with Gasteiger partial charge < -0.3 is 10.2 Å². The quantitative estimate of drug-likeness (QED) is 0.371. The molecule has 6 heavy (non-hydrogen) atoms. The van der Waals surface area contributed by atoms with Crippen molar-refractivity contribution < 1.29 is 10.2 Å². The van der Waals surface area contributed by atoms with Gasteiger partial charge in [-0.15, -0.1) is 0 Å². The largest absolute Gasteiger partial charge is 0.516 e. The number of aliphatic hydroxyl groups is 2. The van der Waals surface area contributed by atoms with E-state index in [4.69, 9.17) is 10.2 Å². The highest BCUT2D eigenvalue weighted by Gasteiger charge is 1.51. The first-order valence-corrected chi connectivity index (χ1v) is 1.52. The molecule has 0 rings (SSSR count). The molecule has 0 heterocycles. The summed E-state index contributed by atoms with van der Waals surface area (Å²) in [6.45, 7) is 0. The molecule has 0 bridgehead atoms. The van der Waals surface area contributed by atoms with E-state index in [0.717, 1.165) is 12.5 Å². The summed E-state index contributed by atoms with van der Waals surface area (Å²) >= 11 is 0. The second-order valence-corrected chi connectivity index (χ2v) is 0.683. The molecule has 2 nitrogen and oxygen atoms in total. The summed E-state index contributed by atoms with van der Waals surface area (Å²) in [4.78, 5) is 0. The van der Waals surface area contributed by atoms with Crippen LogP contribution in [0.1, 0.15) is 0 Å². The van der Waals surface area contributed by atoms with Crippen LogP contribution in [0.3, 0.4) is 0 Å². The zero-order valence-corrected chi connectivity index (χ0v) is 3.20. The van der Waals surface area contributed by atoms with Crippen molar-refractivity contribution in [3.8, 4) is 0 Å². The van der Waals surface area contributed by atoms with Gasteiger partial charge in [-0.1, -0.05) is 0 Å². The third-order valence-corrected chi connectivity index (χ3v) is 0.283. The van der Waals surface area contributed by atoms with Crippen LogP contribution in [0.2, 0.25) is 0 Å². The van der Waals surface area contributed by atoms with Crippen molar-refractivity contribution in [2.24, 2.45) is 0 Å². The number of aliphatic hydroxyl groups excluding tert-OH is 2. The van der Waals surface area contributed by atoms with E-state index in [1.165, 1.54) is 12.2 Å². The van der Waals surface area contributed by atoms with E-state index >= 15 is 0 Å². The Kier molecular flexibility index (Phi) is 3.45. The van der Waals surface area contributed by atoms with Crippen molar-refractivity contribution >= 4 is 0 Å². The molecule has 0 aliphatic heterocycles. The van der Waals surface area contributed by atoms with Crippen molar-refractivity contribution in [2.45, 2.75) is 0 Å². The molecule has 0 saturated carbocycles. The second-order valence-electron chi connectivity index (χ2n) is 0.683. The SMILES string of the molecule is OC=CC=CO. The van der Waals surface area contributed by atoms with Gasteiger partial charge in [-0.05, 0) is 12.2 Å². The average molecular weight is 86.1 g/mol. The first-order valence-electron chi connectivity index (χ1n) is 1.52. The van der Waals surface area contributed by atoms with Crippen LogP contribution in [0, 0.1) is 0 Å². The molecule has 2 N–H and O–H groups in total. The van der Waals surface area contributed by atoms with Gasteiger partial charge in [0.25, 0.3) is 0 Å². The van der Waals surface area contributed by atoms with E-state index in [2.05, 4.69) is 0 Å². The number of hydrogen-bond acceptors (Lipinski definition) is 2. The first kappa shape index (κ1) is 5.08. The molecule has 0 aliphatic carbocycles. The van der Waals surface area contributed by atoms with Gasteiger partial charge in [-0.25, -0.2) is 0 Å². The van der Waals surface area contributed by atoms with E-state index in [-0.39, 0.29) is 0 Å². The van der Waals surface area contributed by atoms with Gasteiger partial charge in [0.05, 0.1) is 12.5 Å². The Labute approximate surface area is 36.0 Å². The Morgan fingerprint density at radius 3 is 1.33 bits per heavy atom. The fourth-order valence-corrected chi connectivity index (χ4v) is 0.0994. The van der Waals surface area contributed by atoms with Crippen molar-refractivity contribution in [1.82, 2.24) is 0 Å². The van der Waals surface area contributed by atoms with Crippen LogP contribution in [-0.2, 0) is 0 Å². The van der Waals surface area contributed by atoms with Crippen LogP contribution in [0.4, 0.5) is 0 Å². The summed E-state index contributed by atoms with van der Waals surface area (Å²) in [5.41, 5.74) is 0. The van der Waals surface area contributed by atoms with E-state index in [1.54, 1.807) is 0 Å². The highest BCUT2D eigenvalue weighted by Crippen LogP contribution is 1.66. The number of hydrogen-bond donors (Lipinski definition) is 2. The van der Waals surface area contributed by atoms with Crippen molar-refractivity contribution in [3.05, 3.63) is 24.7 Å². The maximum atomic E-state index is 7.85. The third-order valence-electron chi connectivity index (χ3n) is 0.283. The van der Waals surface area contributed by atoms with Crippen LogP contribution < -0.4 is 0 Å². The molecular weight excluding hydrogens is 80.0 g/mol. The molecule has 0 aromatic rings. The highest BCUT2D eigenvalue weighted by molar-refractivity contribution is 4.94. The average Bonchev–Trinajstić information content (AvgIpc) is 1.61. The molecule has 0 amide bonds. The zero-order valence-electron chi connectivity index (χ0n) is 3.20. The molecule has 0 spiro atoms. The first-order chi connectivity index (χ1) is 2.91. The Hall–Kier alpha value is -0.920. The van der Waals surface area contributed by atoms with Gasteiger partial charge in [0.1, 0.15) is 0 Å². The lowest BCUT2D eigenvalue weighted by Gasteiger charge is -1.63. The van der Waals surface area contributed by atoms with Crippen LogP contribution in [0.5, 0.6) is 0 Å². The molecule has 0 aliphatic rings. The molecule has 0 unspecified atom stereocenters. The van der Waals surface area contributed by atoms with Crippen molar-refractivity contribution in [2.75, 3.05) is 0 Å². The van der Waals surface area contributed by atoms with E-state index in [9.17, 15) is 0 Å². The van der Waals surface area contributed by atoms with E-state index < -0.39 is 0 Å². The third kappa shape index (κ3) is 3.08. The van der Waals surface area contributed by atoms with E-state index in [1.807, 2.05) is 0 Å². The second kappa shape index (κ2) is 4.08. The standard InChI is InChI=1S/C4H6O2/c5-3-1-2-4-6/h1-6H. The topological polar surface area (TPSA) is 40.5 Å². The van der Waals surface area contributed by atoms with E-state index in [0.29, 0.717) is 0 Å². The van der Waals surface area contributed by atoms with Crippen LogP contribution in [0.15, 0.2) is 24.7 Å². The van der Waals surface area contributed by atoms with Gasteiger partial charge in [0, 0.05) is 0 Å². The molecule has 0 radical (unpaired) electrons. The van der Waals surface area contributed by atoms with Crippen molar-refractivity contribution in [1.29, 1.82) is 0 Å². The van der Waals surface area contributed by atoms with Crippen LogP contribution in [0.25, 0.3) is 0 Å². The van der Waals surface area contributed by atoms with Gasteiger partial charge in [0.15, 0.2) is 0 Å². The molecule has 0 aromatic heterocycles. The molecular formula is C4H6O2. The fraction of sp³-hybridized carbons (Fsp3) is 0. The molecule has 0 aromatic carbocycles. The monoisotopic (exact) mass is 86.0 g/mol. The minimum atomic E-state index is 0.840. The van der Waals surface area contributed by atoms with Crippen molar-refractivity contribution in [3.63, 3.8) is 0 Å². The lowest BCUT2D eigenvalue weighted by molar-refractivity contribution is 0.467. The van der Waals surface area contributed by atoms with Crippen LogP contribution >= 0.6 is 0 Å². The van der Waals surface area contributed by atoms with Crippen LogP contribution in [-0.4, -0.2) is 10.2 Å². The van der Waals surface area contributed by atoms with Gasteiger partial charge in [-0.3, -0.25) is 0 Å². The minimum Gasteiger partial charge on any atom is -0.516 e. The predicted octanol–water partition coefficient (Wildman–Crippen LogP) is 1.13. The summed E-state index contributed by atoms with van der Waals surface area (Å²) < 4.78 is 0. The Morgan fingerprint density at radius 2 is 1.17 bits per heavy atom. The molecule has 0 fully saturated rings. The summed E-state index contributed by atoms with van der Waals surface area (Å²) in [6.07, 6.45) is 4.29. The summed E-state index contributed by atoms with van der Waals surface area (Å²) in [5, 5.41) is 15.7. The number of allylic oxidation sites excluding steroid dienone is 2. The smallest absolute Gasteiger partial charge is 0.0792 e. The highest BCUT2D eigenvalue weighted by atomic mass is 16.2. The van der Waals surface area contributed by atoms with Gasteiger partial charge in [-0.2, -0.15) is 0 Å². The fourth-order valence-electron chi connectivity index (χ4n) is 0.0994. The Balaban J connectivity index is 3.07. The molecule has 0 saturated heterocycles. The molecule has 0 atom stereocenters. The maximum absolute atomic E-state index is 7.85. The summed E-state index contributed by atoms with van der Waals surface area (Å²) in [7, 11) is 0. The van der Waals surface area contributed by atoms with Gasteiger partial charge in [0.2, 0.25) is 0 Å². The lowest BCUT2D eigenvalue weighted by atomic mass is 10.6. The molecule has 2 heteroatoms. The predicted molar refractivity (Wildman–Crippen MR) is 23.5 cm³/mol. The lowest BCUT2D eigenvalue weighted by Crippen LogP contribution is -1.48. The summed E-state index contributed by atoms with van der Waals surface area (Å²) in [5.74, 6) is 0. The number of rotatable bonds is 1. The van der Waals surface area contributed by atoms with Gasteiger partial charge >= 0.3 is 0 Å².